The van der Waals surface area contributed by atoms with Gasteiger partial charge in [0.15, 0.2) is 17.5 Å². The monoisotopic (exact) mass is 730 g/mol. The summed E-state index contributed by atoms with van der Waals surface area (Å²) in [6, 6.07) is 58.4. The van der Waals surface area contributed by atoms with E-state index in [1.807, 2.05) is 48.5 Å². The summed E-state index contributed by atoms with van der Waals surface area (Å²) < 4.78 is 6.14. The first-order valence-electron chi connectivity index (χ1n) is 18.8. The van der Waals surface area contributed by atoms with Crippen molar-refractivity contribution in [2.45, 2.75) is 0 Å². The smallest absolute Gasteiger partial charge is 0.246 e. The number of pyridine rings is 1. The van der Waals surface area contributed by atoms with E-state index < -0.39 is 0 Å². The molecular weight excluding hydrogens is 701 g/mol. The summed E-state index contributed by atoms with van der Waals surface area (Å²) in [5.74, 6) is 1.88. The summed E-state index contributed by atoms with van der Waals surface area (Å²) in [6.07, 6.45) is 3.45. The molecule has 266 valence electrons. The number of benzene rings is 7. The maximum Gasteiger partial charge on any atom is 0.246 e. The molecule has 7 nitrogen and oxygen atoms in total. The molecule has 0 bridgehead atoms. The molecule has 57 heavy (non-hydrogen) atoms. The Bertz CT molecular complexity index is 3270. The summed E-state index contributed by atoms with van der Waals surface area (Å²) in [4.78, 5) is 28.8. The van der Waals surface area contributed by atoms with Gasteiger partial charge in [0, 0.05) is 22.9 Å². The Morgan fingerprint density at radius 3 is 1.63 bits per heavy atom. The van der Waals surface area contributed by atoms with Gasteiger partial charge in [-0.1, -0.05) is 146 Å². The standard InChI is InChI=1S/C50H30N6O/c1-3-8-31(9-4-1)32-18-20-36(21-19-32)48-54-47(35-10-5-2-6-11-35)55-49(56-48)40-13-7-12-37(29-40)33-14-16-34(17-15-33)38-22-24-41-39(28-38)23-25-44-45(41)46-50(57-44)53-42-26-27-51-30-43(42)52-46/h1-30H. The third-order valence-corrected chi connectivity index (χ3v) is 10.4. The predicted octanol–water partition coefficient (Wildman–Crippen LogP) is 12.3. The van der Waals surface area contributed by atoms with Gasteiger partial charge in [-0.3, -0.25) is 4.98 Å². The summed E-state index contributed by atoms with van der Waals surface area (Å²) in [5, 5.41) is 3.14. The van der Waals surface area contributed by atoms with Crippen LogP contribution in [0.4, 0.5) is 0 Å². The van der Waals surface area contributed by atoms with Gasteiger partial charge in [-0.25, -0.2) is 24.9 Å². The molecule has 7 heteroatoms. The molecule has 0 radical (unpaired) electrons. The van der Waals surface area contributed by atoms with Crippen LogP contribution in [0, 0.1) is 0 Å². The molecule has 0 N–H and O–H groups in total. The van der Waals surface area contributed by atoms with Crippen molar-refractivity contribution in [2.24, 2.45) is 0 Å². The van der Waals surface area contributed by atoms with E-state index in [9.17, 15) is 0 Å². The number of hydrogen-bond acceptors (Lipinski definition) is 7. The van der Waals surface area contributed by atoms with Crippen LogP contribution in [-0.4, -0.2) is 29.9 Å². The minimum atomic E-state index is 0.529. The number of rotatable bonds is 6. The molecule has 0 aliphatic heterocycles. The van der Waals surface area contributed by atoms with E-state index in [1.54, 1.807) is 12.4 Å². The normalized spacial score (nSPS) is 11.5. The van der Waals surface area contributed by atoms with E-state index in [1.165, 1.54) is 5.56 Å². The van der Waals surface area contributed by atoms with Gasteiger partial charge < -0.3 is 4.42 Å². The van der Waals surface area contributed by atoms with E-state index in [0.29, 0.717) is 23.2 Å². The third kappa shape index (κ3) is 5.95. The first kappa shape index (κ1) is 32.5. The van der Waals surface area contributed by atoms with Crippen molar-refractivity contribution >= 4 is 44.0 Å². The van der Waals surface area contributed by atoms with E-state index in [2.05, 4.69) is 126 Å². The van der Waals surface area contributed by atoms with Crippen LogP contribution >= 0.6 is 0 Å². The minimum Gasteiger partial charge on any atom is -0.436 e. The first-order valence-corrected chi connectivity index (χ1v) is 18.8. The second-order valence-electron chi connectivity index (χ2n) is 14.0. The van der Waals surface area contributed by atoms with Gasteiger partial charge in [-0.2, -0.15) is 0 Å². The average molecular weight is 731 g/mol. The number of fused-ring (bicyclic) bond motifs is 6. The summed E-state index contributed by atoms with van der Waals surface area (Å²) in [5.41, 5.74) is 13.1. The molecule has 4 heterocycles. The number of furan rings is 1. The molecule has 0 unspecified atom stereocenters. The van der Waals surface area contributed by atoms with E-state index in [-0.39, 0.29) is 0 Å². The van der Waals surface area contributed by atoms with Crippen LogP contribution in [0.2, 0.25) is 0 Å². The van der Waals surface area contributed by atoms with Crippen molar-refractivity contribution in [1.82, 2.24) is 29.9 Å². The largest absolute Gasteiger partial charge is 0.436 e. The maximum absolute atomic E-state index is 6.14. The van der Waals surface area contributed by atoms with Gasteiger partial charge in [-0.15, -0.1) is 0 Å². The Labute approximate surface area is 327 Å². The van der Waals surface area contributed by atoms with Crippen LogP contribution in [0.5, 0.6) is 0 Å². The molecule has 0 aliphatic rings. The number of aromatic nitrogens is 6. The van der Waals surface area contributed by atoms with Crippen LogP contribution in [0.1, 0.15) is 0 Å². The molecule has 0 aliphatic carbocycles. The highest BCUT2D eigenvalue weighted by Gasteiger charge is 2.16. The van der Waals surface area contributed by atoms with Crippen LogP contribution in [-0.2, 0) is 0 Å². The highest BCUT2D eigenvalue weighted by molar-refractivity contribution is 6.18. The molecule has 0 saturated heterocycles. The van der Waals surface area contributed by atoms with Gasteiger partial charge in [0.2, 0.25) is 5.71 Å². The van der Waals surface area contributed by atoms with Crippen molar-refractivity contribution in [1.29, 1.82) is 0 Å². The minimum absolute atomic E-state index is 0.529. The second-order valence-corrected chi connectivity index (χ2v) is 14.0. The third-order valence-electron chi connectivity index (χ3n) is 10.4. The Morgan fingerprint density at radius 2 is 0.912 bits per heavy atom. The van der Waals surface area contributed by atoms with Crippen LogP contribution in [0.15, 0.2) is 187 Å². The summed E-state index contributed by atoms with van der Waals surface area (Å²) >= 11 is 0. The summed E-state index contributed by atoms with van der Waals surface area (Å²) in [7, 11) is 0. The van der Waals surface area contributed by atoms with Gasteiger partial charge in [0.05, 0.1) is 17.1 Å². The molecule has 0 atom stereocenters. The fraction of sp³-hybridized carbons (Fsp3) is 0. The quantitative estimate of drug-likeness (QED) is 0.168. The molecule has 11 aromatic rings. The lowest BCUT2D eigenvalue weighted by Crippen LogP contribution is -2.00. The van der Waals surface area contributed by atoms with Crippen molar-refractivity contribution in [3.63, 3.8) is 0 Å². The first-order chi connectivity index (χ1) is 28.2. The fourth-order valence-corrected chi connectivity index (χ4v) is 7.53. The Hall–Kier alpha value is -7.90. The van der Waals surface area contributed by atoms with E-state index in [4.69, 9.17) is 29.3 Å². The van der Waals surface area contributed by atoms with Crippen molar-refractivity contribution in [2.75, 3.05) is 0 Å². The van der Waals surface area contributed by atoms with Crippen LogP contribution in [0.3, 0.4) is 0 Å². The number of nitrogens with zero attached hydrogens (tertiary/aromatic N) is 6. The molecule has 7 aromatic carbocycles. The Balaban J connectivity index is 0.921. The predicted molar refractivity (Wildman–Crippen MR) is 228 cm³/mol. The molecule has 4 aromatic heterocycles. The Morgan fingerprint density at radius 1 is 0.368 bits per heavy atom. The maximum atomic E-state index is 6.14. The van der Waals surface area contributed by atoms with Crippen molar-refractivity contribution in [3.05, 3.63) is 182 Å². The SMILES string of the molecule is c1ccc(-c2ccc(-c3nc(-c4ccccc4)nc(-c4cccc(-c5ccc(-c6ccc7c(ccc8oc9nc%10ccncc%10nc9c87)c6)cc5)c4)n3)cc2)cc1. The molecule has 0 amide bonds. The topological polar surface area (TPSA) is 90.5 Å². The van der Waals surface area contributed by atoms with Crippen molar-refractivity contribution < 1.29 is 4.42 Å². The number of hydrogen-bond donors (Lipinski definition) is 0. The van der Waals surface area contributed by atoms with Crippen LogP contribution < -0.4 is 0 Å². The van der Waals surface area contributed by atoms with Gasteiger partial charge in [-0.05, 0) is 68.4 Å². The fourth-order valence-electron chi connectivity index (χ4n) is 7.53. The van der Waals surface area contributed by atoms with Gasteiger partial charge in [0.1, 0.15) is 16.6 Å². The molecule has 0 spiro atoms. The summed E-state index contributed by atoms with van der Waals surface area (Å²) in [6.45, 7) is 0. The molecule has 0 saturated carbocycles. The zero-order chi connectivity index (χ0) is 37.7. The van der Waals surface area contributed by atoms with Crippen molar-refractivity contribution in [3.8, 4) is 67.5 Å². The molecule has 11 rings (SSSR count). The Kier molecular flexibility index (Phi) is 7.67. The zero-order valence-corrected chi connectivity index (χ0v) is 30.4. The van der Waals surface area contributed by atoms with Gasteiger partial charge in [0.25, 0.3) is 0 Å². The van der Waals surface area contributed by atoms with Crippen LogP contribution in [0.25, 0.3) is 112 Å². The van der Waals surface area contributed by atoms with E-state index >= 15 is 0 Å². The highest BCUT2D eigenvalue weighted by Crippen LogP contribution is 2.36. The van der Waals surface area contributed by atoms with Gasteiger partial charge >= 0.3 is 0 Å². The molecular formula is C50H30N6O. The molecule has 0 fully saturated rings. The second kappa shape index (κ2) is 13.4. The lowest BCUT2D eigenvalue weighted by atomic mass is 9.96. The lowest BCUT2D eigenvalue weighted by Gasteiger charge is -2.11. The van der Waals surface area contributed by atoms with E-state index in [0.717, 1.165) is 82.8 Å². The highest BCUT2D eigenvalue weighted by atomic mass is 16.3. The lowest BCUT2D eigenvalue weighted by molar-refractivity contribution is 0.655. The zero-order valence-electron chi connectivity index (χ0n) is 30.4. The average Bonchev–Trinajstić information content (AvgIpc) is 3.66.